The third-order valence-corrected chi connectivity index (χ3v) is 5.48. The van der Waals surface area contributed by atoms with Crippen molar-refractivity contribution < 1.29 is 19.1 Å². The Morgan fingerprint density at radius 3 is 2.59 bits per heavy atom. The van der Waals surface area contributed by atoms with Crippen LogP contribution in [0, 0.1) is 0 Å². The Labute approximate surface area is 168 Å². The molecule has 3 amide bonds. The molecule has 0 bridgehead atoms. The molecule has 27 heavy (non-hydrogen) atoms. The van der Waals surface area contributed by atoms with Gasteiger partial charge in [0, 0.05) is 25.7 Å². The number of thiocarbonyl (C=S) groups is 1. The van der Waals surface area contributed by atoms with E-state index in [0.29, 0.717) is 47.3 Å². The number of ether oxygens (including phenoxy) is 1. The van der Waals surface area contributed by atoms with Crippen molar-refractivity contribution in [3.63, 3.8) is 0 Å². The Morgan fingerprint density at radius 1 is 1.30 bits per heavy atom. The Kier molecular flexibility index (Phi) is 8.05. The number of nitrogens with one attached hydrogen (secondary N) is 1. The van der Waals surface area contributed by atoms with Gasteiger partial charge in [0.05, 0.1) is 19.4 Å². The number of likely N-dealkylation sites (N-methyl/N-ethyl adjacent to an activating group) is 1. The number of hydrogen-bond donors (Lipinski definition) is 1. The van der Waals surface area contributed by atoms with E-state index in [2.05, 4.69) is 5.32 Å². The van der Waals surface area contributed by atoms with Gasteiger partial charge < -0.3 is 15.0 Å². The highest BCUT2D eigenvalue weighted by molar-refractivity contribution is 8.23. The maximum Gasteiger partial charge on any atom is 0.243 e. The monoisotopic (exact) mass is 409 g/mol. The average Bonchev–Trinajstić information content (AvgIpc) is 2.97. The van der Waals surface area contributed by atoms with Crippen molar-refractivity contribution in [3.05, 3.63) is 24.3 Å². The largest absolute Gasteiger partial charge is 0.497 e. The van der Waals surface area contributed by atoms with Gasteiger partial charge in [0.25, 0.3) is 0 Å². The topological polar surface area (TPSA) is 79.0 Å². The van der Waals surface area contributed by atoms with Crippen LogP contribution in [-0.4, -0.2) is 64.8 Å². The molecule has 1 N–H and O–H groups in total. The third kappa shape index (κ3) is 6.51. The number of amides is 3. The number of benzene rings is 1. The van der Waals surface area contributed by atoms with Gasteiger partial charge in [-0.1, -0.05) is 24.0 Å². The Bertz CT molecular complexity index is 693. The minimum atomic E-state index is -0.263. The van der Waals surface area contributed by atoms with Crippen LogP contribution in [0.5, 0.6) is 5.75 Å². The van der Waals surface area contributed by atoms with E-state index >= 15 is 0 Å². The zero-order valence-electron chi connectivity index (χ0n) is 15.4. The van der Waals surface area contributed by atoms with Crippen LogP contribution in [0.3, 0.4) is 0 Å². The van der Waals surface area contributed by atoms with Crippen molar-refractivity contribution in [1.29, 1.82) is 0 Å². The fraction of sp³-hybridized carbons (Fsp3) is 0.444. The highest BCUT2D eigenvalue weighted by Crippen LogP contribution is 2.20. The van der Waals surface area contributed by atoms with E-state index in [1.54, 1.807) is 43.3 Å². The second-order valence-corrected chi connectivity index (χ2v) is 7.69. The van der Waals surface area contributed by atoms with Crippen LogP contribution in [0.25, 0.3) is 0 Å². The first-order chi connectivity index (χ1) is 12.9. The lowest BCUT2D eigenvalue weighted by Crippen LogP contribution is -2.35. The first-order valence-corrected chi connectivity index (χ1v) is 9.95. The number of methoxy groups -OCH3 is 1. The predicted molar refractivity (Wildman–Crippen MR) is 110 cm³/mol. The Balaban J connectivity index is 1.67. The fourth-order valence-corrected chi connectivity index (χ4v) is 3.63. The lowest BCUT2D eigenvalue weighted by atomic mass is 10.2. The second kappa shape index (κ2) is 10.3. The maximum absolute atomic E-state index is 12.2. The molecule has 0 spiro atoms. The number of carbonyl (C=O) groups excluding carboxylic acids is 3. The molecule has 146 valence electrons. The predicted octanol–water partition coefficient (Wildman–Crippen LogP) is 2.12. The van der Waals surface area contributed by atoms with Crippen molar-refractivity contribution in [2.24, 2.45) is 0 Å². The molecule has 0 atom stereocenters. The van der Waals surface area contributed by atoms with Gasteiger partial charge in [-0.3, -0.25) is 19.3 Å². The summed E-state index contributed by atoms with van der Waals surface area (Å²) in [5.41, 5.74) is 0.644. The van der Waals surface area contributed by atoms with E-state index < -0.39 is 0 Å². The molecule has 1 aromatic rings. The highest BCUT2D eigenvalue weighted by Gasteiger charge is 2.25. The number of carbonyl (C=O) groups is 3. The third-order valence-electron chi connectivity index (χ3n) is 4.04. The highest BCUT2D eigenvalue weighted by atomic mass is 32.2. The van der Waals surface area contributed by atoms with Gasteiger partial charge >= 0.3 is 0 Å². The van der Waals surface area contributed by atoms with Crippen LogP contribution in [0.1, 0.15) is 19.3 Å². The van der Waals surface area contributed by atoms with E-state index in [1.807, 2.05) is 0 Å². The van der Waals surface area contributed by atoms with E-state index in [1.165, 1.54) is 16.7 Å². The molecular formula is C18H23N3O4S2. The number of hydrogen-bond acceptors (Lipinski definition) is 6. The number of thioether (sulfide) groups is 1. The molecule has 1 heterocycles. The summed E-state index contributed by atoms with van der Waals surface area (Å²) in [4.78, 5) is 38.8. The standard InChI is InChI=1S/C18H23N3O4S2/c1-20(11-15(22)19-13-6-8-14(25-2)9-7-13)16(23)5-3-4-10-21-17(24)12-27-18(21)26/h6-9H,3-5,10-12H2,1-2H3,(H,19,22). The molecule has 2 rings (SSSR count). The Morgan fingerprint density at radius 2 is 2.00 bits per heavy atom. The summed E-state index contributed by atoms with van der Waals surface area (Å²) in [6.07, 6.45) is 1.67. The van der Waals surface area contributed by atoms with Crippen LogP contribution in [0.2, 0.25) is 0 Å². The molecule has 0 aromatic heterocycles. The van der Waals surface area contributed by atoms with Gasteiger partial charge in [0.2, 0.25) is 17.7 Å². The Hall–Kier alpha value is -2.13. The summed E-state index contributed by atoms with van der Waals surface area (Å²) < 4.78 is 5.68. The van der Waals surface area contributed by atoms with Crippen LogP contribution in [0.4, 0.5) is 5.69 Å². The van der Waals surface area contributed by atoms with Crippen molar-refractivity contribution >= 4 is 51.7 Å². The normalized spacial score (nSPS) is 13.6. The molecule has 1 aliphatic heterocycles. The van der Waals surface area contributed by atoms with E-state index in [-0.39, 0.29) is 24.3 Å². The zero-order valence-corrected chi connectivity index (χ0v) is 17.0. The maximum atomic E-state index is 12.2. The molecular weight excluding hydrogens is 386 g/mol. The summed E-state index contributed by atoms with van der Waals surface area (Å²) >= 11 is 6.49. The van der Waals surface area contributed by atoms with Crippen molar-refractivity contribution in [1.82, 2.24) is 9.80 Å². The fourth-order valence-electron chi connectivity index (χ4n) is 2.51. The van der Waals surface area contributed by atoms with Crippen LogP contribution >= 0.6 is 24.0 Å². The number of unbranched alkanes of at least 4 members (excludes halogenated alkanes) is 1. The molecule has 0 saturated carbocycles. The van der Waals surface area contributed by atoms with Crippen molar-refractivity contribution in [2.75, 3.05) is 38.3 Å². The lowest BCUT2D eigenvalue weighted by Gasteiger charge is -2.18. The molecule has 0 aliphatic carbocycles. The second-order valence-electron chi connectivity index (χ2n) is 6.08. The van der Waals surface area contributed by atoms with Crippen LogP contribution in [0.15, 0.2) is 24.3 Å². The van der Waals surface area contributed by atoms with E-state index in [9.17, 15) is 14.4 Å². The minimum absolute atomic E-state index is 0.0177. The van der Waals surface area contributed by atoms with Gasteiger partial charge in [-0.2, -0.15) is 0 Å². The van der Waals surface area contributed by atoms with E-state index in [4.69, 9.17) is 17.0 Å². The van der Waals surface area contributed by atoms with Crippen LogP contribution < -0.4 is 10.1 Å². The summed E-state index contributed by atoms with van der Waals surface area (Å²) in [7, 11) is 3.18. The van der Waals surface area contributed by atoms with Crippen molar-refractivity contribution in [2.45, 2.75) is 19.3 Å². The first kappa shape index (κ1) is 21.2. The van der Waals surface area contributed by atoms with E-state index in [0.717, 1.165) is 0 Å². The van der Waals surface area contributed by atoms with Gasteiger partial charge in [-0.25, -0.2) is 0 Å². The molecule has 9 heteroatoms. The molecule has 7 nitrogen and oxygen atoms in total. The summed E-state index contributed by atoms with van der Waals surface area (Å²) in [5.74, 6) is 0.772. The molecule has 1 aromatic carbocycles. The summed E-state index contributed by atoms with van der Waals surface area (Å²) in [5, 5.41) is 2.74. The summed E-state index contributed by atoms with van der Waals surface area (Å²) in [6.45, 7) is 0.524. The molecule has 0 radical (unpaired) electrons. The summed E-state index contributed by atoms with van der Waals surface area (Å²) in [6, 6.07) is 6.97. The molecule has 1 fully saturated rings. The van der Waals surface area contributed by atoms with Gasteiger partial charge in [-0.05, 0) is 37.1 Å². The average molecular weight is 410 g/mol. The van der Waals surface area contributed by atoms with Crippen LogP contribution in [-0.2, 0) is 14.4 Å². The minimum Gasteiger partial charge on any atom is -0.497 e. The van der Waals surface area contributed by atoms with Gasteiger partial charge in [-0.15, -0.1) is 0 Å². The lowest BCUT2D eigenvalue weighted by molar-refractivity contribution is -0.133. The molecule has 0 unspecified atom stereocenters. The SMILES string of the molecule is COc1ccc(NC(=O)CN(C)C(=O)CCCCN2C(=O)CSC2=S)cc1. The van der Waals surface area contributed by atoms with Gasteiger partial charge in [0.15, 0.2) is 0 Å². The number of nitrogens with zero attached hydrogens (tertiary/aromatic N) is 2. The number of anilines is 1. The first-order valence-electron chi connectivity index (χ1n) is 8.55. The quantitative estimate of drug-likeness (QED) is 0.497. The smallest absolute Gasteiger partial charge is 0.243 e. The van der Waals surface area contributed by atoms with Crippen molar-refractivity contribution in [3.8, 4) is 5.75 Å². The molecule has 1 aliphatic rings. The number of rotatable bonds is 9. The molecule has 1 saturated heterocycles. The van der Waals surface area contributed by atoms with Gasteiger partial charge in [0.1, 0.15) is 10.1 Å². The zero-order chi connectivity index (χ0) is 19.8.